The molecule has 2 aromatic rings. The number of amides is 5. The van der Waals surface area contributed by atoms with Gasteiger partial charge in [0.05, 0.1) is 16.3 Å². The molecule has 3 aliphatic heterocycles. The molecule has 0 saturated carbocycles. The van der Waals surface area contributed by atoms with Crippen LogP contribution in [-0.4, -0.2) is 84.1 Å². The summed E-state index contributed by atoms with van der Waals surface area (Å²) in [6, 6.07) is 13.2. The van der Waals surface area contributed by atoms with Crippen molar-refractivity contribution in [1.29, 1.82) is 0 Å². The van der Waals surface area contributed by atoms with Crippen LogP contribution in [0, 0.1) is 0 Å². The van der Waals surface area contributed by atoms with E-state index in [4.69, 9.17) is 16.4 Å². The highest BCUT2D eigenvalue weighted by molar-refractivity contribution is 6.36. The fourth-order valence-electron chi connectivity index (χ4n) is 5.05. The quantitative estimate of drug-likeness (QED) is 0.585. The normalized spacial score (nSPS) is 20.0. The number of nitrogens with zero attached hydrogens (tertiary/aromatic N) is 4. The Kier molecular flexibility index (Phi) is 7.69. The molecule has 0 aromatic heterocycles. The predicted octanol–water partition coefficient (Wildman–Crippen LogP) is 3.30. The van der Waals surface area contributed by atoms with E-state index in [-0.39, 0.29) is 5.91 Å². The SMILES string of the molecule is O=C(ON1C(=O)N[C@H](Cc2ccccc2)C1=O)N1CCN(c2cccc(C(=O)N3CCCCC3)c2Cl)CC1. The number of nitrogens with one attached hydrogen (secondary N) is 1. The van der Waals surface area contributed by atoms with Gasteiger partial charge in [0.2, 0.25) is 0 Å². The highest BCUT2D eigenvalue weighted by Gasteiger charge is 2.42. The van der Waals surface area contributed by atoms with E-state index in [1.54, 1.807) is 6.07 Å². The van der Waals surface area contributed by atoms with Gasteiger partial charge in [0, 0.05) is 45.7 Å². The van der Waals surface area contributed by atoms with E-state index in [1.165, 1.54) is 4.90 Å². The van der Waals surface area contributed by atoms with Gasteiger partial charge < -0.3 is 24.9 Å². The number of likely N-dealkylation sites (tertiary alicyclic amines) is 1. The Bertz CT molecular complexity index is 1210. The molecule has 5 rings (SSSR count). The summed E-state index contributed by atoms with van der Waals surface area (Å²) in [5.41, 5.74) is 2.10. The molecule has 0 aliphatic carbocycles. The van der Waals surface area contributed by atoms with Crippen LogP contribution in [0.3, 0.4) is 0 Å². The molecule has 3 heterocycles. The number of carbonyl (C=O) groups excluding carboxylic acids is 4. The molecular weight excluding hydrogens is 510 g/mol. The zero-order valence-electron chi connectivity index (χ0n) is 21.0. The lowest BCUT2D eigenvalue weighted by molar-refractivity contribution is -0.151. The number of anilines is 1. The van der Waals surface area contributed by atoms with Gasteiger partial charge in [0.1, 0.15) is 6.04 Å². The minimum atomic E-state index is -0.795. The van der Waals surface area contributed by atoms with Crippen molar-refractivity contribution in [3.8, 4) is 0 Å². The van der Waals surface area contributed by atoms with Crippen molar-refractivity contribution in [1.82, 2.24) is 20.2 Å². The van der Waals surface area contributed by atoms with E-state index < -0.39 is 24.1 Å². The van der Waals surface area contributed by atoms with E-state index in [0.717, 1.165) is 43.6 Å². The van der Waals surface area contributed by atoms with E-state index in [2.05, 4.69) is 5.32 Å². The summed E-state index contributed by atoms with van der Waals surface area (Å²) >= 11 is 6.69. The first-order valence-electron chi connectivity index (χ1n) is 12.9. The van der Waals surface area contributed by atoms with Gasteiger partial charge in [-0.3, -0.25) is 9.59 Å². The van der Waals surface area contributed by atoms with E-state index >= 15 is 0 Å². The number of hydroxylamine groups is 2. The van der Waals surface area contributed by atoms with Crippen molar-refractivity contribution in [2.24, 2.45) is 0 Å². The van der Waals surface area contributed by atoms with E-state index in [0.29, 0.717) is 48.2 Å². The summed E-state index contributed by atoms with van der Waals surface area (Å²) in [6.07, 6.45) is 2.67. The first-order valence-corrected chi connectivity index (χ1v) is 13.3. The topological polar surface area (TPSA) is 102 Å². The molecule has 1 atom stereocenters. The number of hydrogen-bond donors (Lipinski definition) is 1. The smallest absolute Gasteiger partial charge is 0.367 e. The minimum absolute atomic E-state index is 0.0575. The molecule has 200 valence electrons. The maximum Gasteiger partial charge on any atom is 0.434 e. The van der Waals surface area contributed by atoms with Gasteiger partial charge in [-0.05, 0) is 37.0 Å². The summed E-state index contributed by atoms with van der Waals surface area (Å²) in [6.45, 7) is 2.99. The molecule has 3 saturated heterocycles. The number of carbonyl (C=O) groups is 4. The lowest BCUT2D eigenvalue weighted by Gasteiger charge is -2.36. The van der Waals surface area contributed by atoms with Crippen LogP contribution >= 0.6 is 11.6 Å². The molecule has 38 heavy (non-hydrogen) atoms. The zero-order valence-corrected chi connectivity index (χ0v) is 21.7. The van der Waals surface area contributed by atoms with Crippen LogP contribution in [0.1, 0.15) is 35.2 Å². The van der Waals surface area contributed by atoms with Crippen LogP contribution in [0.25, 0.3) is 0 Å². The predicted molar refractivity (Wildman–Crippen MR) is 141 cm³/mol. The Labute approximate surface area is 226 Å². The summed E-state index contributed by atoms with van der Waals surface area (Å²) in [4.78, 5) is 61.3. The second-order valence-electron chi connectivity index (χ2n) is 9.65. The van der Waals surface area contributed by atoms with Crippen LogP contribution in [-0.2, 0) is 16.1 Å². The highest BCUT2D eigenvalue weighted by Crippen LogP contribution is 2.31. The summed E-state index contributed by atoms with van der Waals surface area (Å²) < 4.78 is 0. The summed E-state index contributed by atoms with van der Waals surface area (Å²) in [5, 5.41) is 3.49. The molecule has 10 nitrogen and oxygen atoms in total. The van der Waals surface area contributed by atoms with Crippen molar-refractivity contribution in [3.05, 3.63) is 64.7 Å². The van der Waals surface area contributed by atoms with Crippen LogP contribution in [0.2, 0.25) is 5.02 Å². The van der Waals surface area contributed by atoms with Crippen molar-refractivity contribution < 1.29 is 24.0 Å². The van der Waals surface area contributed by atoms with E-state index in [1.807, 2.05) is 52.3 Å². The van der Waals surface area contributed by atoms with Gasteiger partial charge in [0.25, 0.3) is 11.8 Å². The second kappa shape index (κ2) is 11.3. The maximum atomic E-state index is 13.0. The molecular formula is C27H30ClN5O5. The molecule has 1 N–H and O–H groups in total. The standard InChI is InChI=1S/C27H30ClN5O5/c28-23-20(24(34)31-12-5-2-6-13-31)10-7-11-22(23)30-14-16-32(17-15-30)27(37)38-33-25(35)21(29-26(33)36)18-19-8-3-1-4-9-19/h1,3-4,7-11,21H,2,5-6,12-18H2,(H,29,36)/t21-/m1/s1. The first-order chi connectivity index (χ1) is 18.4. The van der Waals surface area contributed by atoms with Crippen LogP contribution in [0.4, 0.5) is 15.3 Å². The number of hydrogen-bond acceptors (Lipinski definition) is 6. The average molecular weight is 540 g/mol. The molecule has 0 radical (unpaired) electrons. The lowest BCUT2D eigenvalue weighted by atomic mass is 10.1. The third kappa shape index (κ3) is 5.40. The number of rotatable bonds is 5. The minimum Gasteiger partial charge on any atom is -0.367 e. The molecule has 5 amide bonds. The number of piperidine rings is 1. The lowest BCUT2D eigenvalue weighted by Crippen LogP contribution is -2.51. The summed E-state index contributed by atoms with van der Waals surface area (Å²) in [5.74, 6) is -0.661. The van der Waals surface area contributed by atoms with Crippen molar-refractivity contribution >= 4 is 41.2 Å². The third-order valence-electron chi connectivity index (χ3n) is 7.16. The third-order valence-corrected chi connectivity index (χ3v) is 7.56. The van der Waals surface area contributed by atoms with Crippen LogP contribution < -0.4 is 10.2 Å². The Hall–Kier alpha value is -3.79. The largest absolute Gasteiger partial charge is 0.434 e. The average Bonchev–Trinajstić information content (AvgIpc) is 3.21. The number of urea groups is 1. The number of imide groups is 1. The molecule has 3 fully saturated rings. The van der Waals surface area contributed by atoms with Gasteiger partial charge in [0.15, 0.2) is 0 Å². The summed E-state index contributed by atoms with van der Waals surface area (Å²) in [7, 11) is 0. The number of piperazine rings is 1. The molecule has 0 spiro atoms. The van der Waals surface area contributed by atoms with Gasteiger partial charge in [-0.15, -0.1) is 0 Å². The number of halogens is 1. The Morgan fingerprint density at radius 2 is 1.58 bits per heavy atom. The van der Waals surface area contributed by atoms with Crippen LogP contribution in [0.5, 0.6) is 0 Å². The Balaban J connectivity index is 1.17. The van der Waals surface area contributed by atoms with Crippen molar-refractivity contribution in [3.63, 3.8) is 0 Å². The fraction of sp³-hybridized carbons (Fsp3) is 0.407. The van der Waals surface area contributed by atoms with Crippen molar-refractivity contribution in [2.45, 2.75) is 31.7 Å². The second-order valence-corrected chi connectivity index (χ2v) is 10.0. The Morgan fingerprint density at radius 1 is 0.868 bits per heavy atom. The van der Waals surface area contributed by atoms with Gasteiger partial charge in [-0.25, -0.2) is 9.59 Å². The van der Waals surface area contributed by atoms with Gasteiger partial charge in [-0.2, -0.15) is 0 Å². The first kappa shape index (κ1) is 25.8. The molecule has 2 aromatic carbocycles. The molecule has 0 bridgehead atoms. The fourth-order valence-corrected chi connectivity index (χ4v) is 5.37. The maximum absolute atomic E-state index is 13.0. The van der Waals surface area contributed by atoms with Crippen molar-refractivity contribution in [2.75, 3.05) is 44.2 Å². The molecule has 11 heteroatoms. The van der Waals surface area contributed by atoms with Gasteiger partial charge in [-0.1, -0.05) is 53.1 Å². The van der Waals surface area contributed by atoms with Crippen LogP contribution in [0.15, 0.2) is 48.5 Å². The van der Waals surface area contributed by atoms with Gasteiger partial charge >= 0.3 is 12.1 Å². The molecule has 3 aliphatic rings. The monoisotopic (exact) mass is 539 g/mol. The van der Waals surface area contributed by atoms with E-state index in [9.17, 15) is 19.2 Å². The highest BCUT2D eigenvalue weighted by atomic mass is 35.5. The Morgan fingerprint density at radius 3 is 2.29 bits per heavy atom. The zero-order chi connectivity index (χ0) is 26.6. The number of benzene rings is 2. The molecule has 0 unspecified atom stereocenters.